The number of aromatic amines is 2. The van der Waals surface area contributed by atoms with Crippen molar-refractivity contribution in [2.24, 2.45) is 5.41 Å². The van der Waals surface area contributed by atoms with Crippen LogP contribution in [0.2, 0.25) is 0 Å². The van der Waals surface area contributed by atoms with Crippen LogP contribution in [0.15, 0.2) is 29.1 Å². The average Bonchev–Trinajstić information content (AvgIpc) is 2.80. The average molecular weight is 288 g/mol. The molecule has 21 heavy (non-hydrogen) atoms. The molecule has 6 nitrogen and oxygen atoms in total. The lowest BCUT2D eigenvalue weighted by atomic mass is 9.86. The Morgan fingerprint density at radius 3 is 2.62 bits per heavy atom. The Morgan fingerprint density at radius 2 is 2.00 bits per heavy atom. The van der Waals surface area contributed by atoms with E-state index in [1.807, 2.05) is 24.3 Å². The van der Waals surface area contributed by atoms with Crippen LogP contribution in [0.4, 0.5) is 0 Å². The van der Waals surface area contributed by atoms with Gasteiger partial charge in [-0.05, 0) is 23.5 Å². The zero-order valence-electron chi connectivity index (χ0n) is 12.5. The molecule has 1 aromatic heterocycles. The highest BCUT2D eigenvalue weighted by Gasteiger charge is 2.17. The third-order valence-electron chi connectivity index (χ3n) is 2.95. The summed E-state index contributed by atoms with van der Waals surface area (Å²) >= 11 is 0. The summed E-state index contributed by atoms with van der Waals surface area (Å²) in [5.41, 5.74) is 1.39. The lowest BCUT2D eigenvalue weighted by Crippen LogP contribution is -2.25. The monoisotopic (exact) mass is 288 g/mol. The Kier molecular flexibility index (Phi) is 4.26. The van der Waals surface area contributed by atoms with Gasteiger partial charge in [0.05, 0.1) is 6.54 Å². The first kappa shape index (κ1) is 15.0. The van der Waals surface area contributed by atoms with Gasteiger partial charge in [0, 0.05) is 5.56 Å². The Bertz CT molecular complexity index is 679. The van der Waals surface area contributed by atoms with Crippen molar-refractivity contribution < 1.29 is 4.79 Å². The zero-order valence-corrected chi connectivity index (χ0v) is 12.5. The van der Waals surface area contributed by atoms with Gasteiger partial charge < -0.3 is 5.32 Å². The number of rotatable bonds is 4. The van der Waals surface area contributed by atoms with Crippen LogP contribution in [0, 0.1) is 5.41 Å². The van der Waals surface area contributed by atoms with E-state index in [0.717, 1.165) is 12.0 Å². The molecule has 0 aliphatic heterocycles. The van der Waals surface area contributed by atoms with Crippen LogP contribution >= 0.6 is 0 Å². The molecule has 3 N–H and O–H groups in total. The molecule has 0 saturated carbocycles. The number of nitrogens with zero attached hydrogens (tertiary/aromatic N) is 1. The molecule has 0 saturated heterocycles. The van der Waals surface area contributed by atoms with Gasteiger partial charge in [0.15, 0.2) is 0 Å². The number of benzene rings is 1. The van der Waals surface area contributed by atoms with Gasteiger partial charge in [-0.1, -0.05) is 39.0 Å². The van der Waals surface area contributed by atoms with Gasteiger partial charge in [0.1, 0.15) is 5.82 Å². The van der Waals surface area contributed by atoms with E-state index in [9.17, 15) is 9.59 Å². The normalized spacial score (nSPS) is 11.4. The number of carbonyl (C=O) groups is 1. The number of aromatic nitrogens is 3. The molecule has 1 heterocycles. The molecule has 2 aromatic rings. The maximum absolute atomic E-state index is 12.3. The standard InChI is InChI=1S/C15H20N4O2/c1-15(2,3)8-10-6-4-5-7-11(10)13(20)16-9-12-17-14(21)19-18-12/h4-7H,8-9H2,1-3H3,(H,16,20)(H2,17,18,19,21). The summed E-state index contributed by atoms with van der Waals surface area (Å²) in [6, 6.07) is 7.56. The Morgan fingerprint density at radius 1 is 1.29 bits per heavy atom. The second-order valence-corrected chi connectivity index (χ2v) is 6.20. The Hall–Kier alpha value is -2.37. The molecule has 0 spiro atoms. The minimum absolute atomic E-state index is 0.101. The van der Waals surface area contributed by atoms with Gasteiger partial charge in [-0.3, -0.25) is 9.78 Å². The van der Waals surface area contributed by atoms with E-state index in [-0.39, 0.29) is 23.6 Å². The Balaban J connectivity index is 2.10. The van der Waals surface area contributed by atoms with Crippen molar-refractivity contribution in [2.75, 3.05) is 0 Å². The fraction of sp³-hybridized carbons (Fsp3) is 0.400. The maximum Gasteiger partial charge on any atom is 0.340 e. The number of H-pyrrole nitrogens is 2. The molecule has 0 radical (unpaired) electrons. The third kappa shape index (κ3) is 4.30. The van der Waals surface area contributed by atoms with E-state index in [4.69, 9.17) is 0 Å². The van der Waals surface area contributed by atoms with Crippen LogP contribution in [0.25, 0.3) is 0 Å². The number of carbonyl (C=O) groups excluding carboxylic acids is 1. The minimum atomic E-state index is -0.382. The van der Waals surface area contributed by atoms with Gasteiger partial charge >= 0.3 is 5.69 Å². The zero-order chi connectivity index (χ0) is 15.5. The summed E-state index contributed by atoms with van der Waals surface area (Å²) in [4.78, 5) is 25.7. The number of nitrogens with one attached hydrogen (secondary N) is 3. The molecular weight excluding hydrogens is 268 g/mol. The summed E-state index contributed by atoms with van der Waals surface area (Å²) < 4.78 is 0. The van der Waals surface area contributed by atoms with Crippen molar-refractivity contribution in [3.8, 4) is 0 Å². The predicted octanol–water partition coefficient (Wildman–Crippen LogP) is 1.62. The largest absolute Gasteiger partial charge is 0.345 e. The van der Waals surface area contributed by atoms with E-state index in [2.05, 4.69) is 41.3 Å². The van der Waals surface area contributed by atoms with E-state index in [0.29, 0.717) is 11.4 Å². The highest BCUT2D eigenvalue weighted by Crippen LogP contribution is 2.22. The SMILES string of the molecule is CC(C)(C)Cc1ccccc1C(=O)NCc1n[nH]c(=O)[nH]1. The predicted molar refractivity (Wildman–Crippen MR) is 80.0 cm³/mol. The quantitative estimate of drug-likeness (QED) is 0.798. The first-order valence-electron chi connectivity index (χ1n) is 6.85. The molecule has 0 bridgehead atoms. The van der Waals surface area contributed by atoms with E-state index >= 15 is 0 Å². The second-order valence-electron chi connectivity index (χ2n) is 6.20. The number of hydrogen-bond donors (Lipinski definition) is 3. The fourth-order valence-corrected chi connectivity index (χ4v) is 2.12. The molecule has 2 rings (SSSR count). The van der Waals surface area contributed by atoms with E-state index in [1.165, 1.54) is 0 Å². The molecule has 1 aromatic carbocycles. The first-order chi connectivity index (χ1) is 9.85. The number of hydrogen-bond acceptors (Lipinski definition) is 3. The molecule has 112 valence electrons. The van der Waals surface area contributed by atoms with Gasteiger partial charge in [-0.2, -0.15) is 5.10 Å². The molecule has 6 heteroatoms. The van der Waals surface area contributed by atoms with Gasteiger partial charge in [0.2, 0.25) is 0 Å². The molecule has 0 aliphatic carbocycles. The molecular formula is C15H20N4O2. The summed E-state index contributed by atoms with van der Waals surface area (Å²) in [6.07, 6.45) is 0.815. The molecule has 0 fully saturated rings. The summed E-state index contributed by atoms with van der Waals surface area (Å²) in [5.74, 6) is 0.236. The van der Waals surface area contributed by atoms with Crippen LogP contribution < -0.4 is 11.0 Å². The minimum Gasteiger partial charge on any atom is -0.345 e. The topological polar surface area (TPSA) is 90.6 Å². The highest BCUT2D eigenvalue weighted by molar-refractivity contribution is 5.95. The molecule has 1 amide bonds. The van der Waals surface area contributed by atoms with Gasteiger partial charge in [0.25, 0.3) is 5.91 Å². The van der Waals surface area contributed by atoms with Crippen molar-refractivity contribution in [3.05, 3.63) is 51.7 Å². The summed E-state index contributed by atoms with van der Waals surface area (Å²) in [7, 11) is 0. The lowest BCUT2D eigenvalue weighted by Gasteiger charge is -2.20. The van der Waals surface area contributed by atoms with Crippen LogP contribution in [0.1, 0.15) is 42.5 Å². The van der Waals surface area contributed by atoms with Crippen molar-refractivity contribution >= 4 is 5.91 Å². The van der Waals surface area contributed by atoms with Crippen LogP contribution in [0.3, 0.4) is 0 Å². The van der Waals surface area contributed by atoms with Crippen LogP contribution in [-0.4, -0.2) is 21.1 Å². The summed E-state index contributed by atoms with van der Waals surface area (Å²) in [6.45, 7) is 6.59. The molecule has 0 aliphatic rings. The van der Waals surface area contributed by atoms with Crippen molar-refractivity contribution in [1.82, 2.24) is 20.5 Å². The van der Waals surface area contributed by atoms with Crippen molar-refractivity contribution in [2.45, 2.75) is 33.7 Å². The summed E-state index contributed by atoms with van der Waals surface area (Å²) in [5, 5.41) is 8.78. The first-order valence-corrected chi connectivity index (χ1v) is 6.85. The highest BCUT2D eigenvalue weighted by atomic mass is 16.2. The van der Waals surface area contributed by atoms with Crippen molar-refractivity contribution in [3.63, 3.8) is 0 Å². The van der Waals surface area contributed by atoms with Crippen LogP contribution in [0.5, 0.6) is 0 Å². The molecule has 0 atom stereocenters. The van der Waals surface area contributed by atoms with E-state index in [1.54, 1.807) is 0 Å². The smallest absolute Gasteiger partial charge is 0.340 e. The maximum atomic E-state index is 12.3. The Labute approximate surface area is 123 Å². The third-order valence-corrected chi connectivity index (χ3v) is 2.95. The number of amides is 1. The van der Waals surface area contributed by atoms with Crippen molar-refractivity contribution in [1.29, 1.82) is 0 Å². The van der Waals surface area contributed by atoms with E-state index < -0.39 is 0 Å². The van der Waals surface area contributed by atoms with Gasteiger partial charge in [-0.25, -0.2) is 9.89 Å². The second kappa shape index (κ2) is 5.95. The lowest BCUT2D eigenvalue weighted by molar-refractivity contribution is 0.0948. The molecule has 0 unspecified atom stereocenters. The fourth-order valence-electron chi connectivity index (χ4n) is 2.12. The van der Waals surface area contributed by atoms with Crippen LogP contribution in [-0.2, 0) is 13.0 Å². The van der Waals surface area contributed by atoms with Gasteiger partial charge in [-0.15, -0.1) is 0 Å².